The highest BCUT2D eigenvalue weighted by Crippen LogP contribution is 2.15. The summed E-state index contributed by atoms with van der Waals surface area (Å²) in [4.78, 5) is 11.7. The Morgan fingerprint density at radius 2 is 2.10 bits per heavy atom. The summed E-state index contributed by atoms with van der Waals surface area (Å²) < 4.78 is 6.97. The molecule has 3 N–H and O–H groups in total. The van der Waals surface area contributed by atoms with E-state index in [1.165, 1.54) is 0 Å². The Morgan fingerprint density at radius 3 is 2.71 bits per heavy atom. The third-order valence-electron chi connectivity index (χ3n) is 2.56. The Hall–Kier alpha value is -2.12. The van der Waals surface area contributed by atoms with Gasteiger partial charge < -0.3 is 15.8 Å². The van der Waals surface area contributed by atoms with Crippen molar-refractivity contribution in [2.45, 2.75) is 13.0 Å². The van der Waals surface area contributed by atoms with Crippen LogP contribution in [0.15, 0.2) is 36.7 Å². The fourth-order valence-corrected chi connectivity index (χ4v) is 1.60. The largest absolute Gasteiger partial charge is 0.492 e. The predicted molar refractivity (Wildman–Crippen MR) is 81.5 cm³/mol. The highest BCUT2D eigenvalue weighted by Gasteiger charge is 2.03. The van der Waals surface area contributed by atoms with Gasteiger partial charge >= 0.3 is 0 Å². The van der Waals surface area contributed by atoms with Crippen LogP contribution in [0.5, 0.6) is 5.75 Å². The van der Waals surface area contributed by atoms with Gasteiger partial charge in [-0.1, -0.05) is 5.21 Å². The number of aryl methyl sites for hydroxylation is 1. The third kappa shape index (κ3) is 5.80. The molecule has 0 saturated heterocycles. The zero-order chi connectivity index (χ0) is 14.2. The monoisotopic (exact) mass is 311 g/mol. The van der Waals surface area contributed by atoms with Gasteiger partial charge in [0.2, 0.25) is 5.91 Å². The number of aromatic nitrogens is 3. The van der Waals surface area contributed by atoms with Crippen LogP contribution < -0.4 is 15.8 Å². The van der Waals surface area contributed by atoms with E-state index in [1.807, 2.05) is 0 Å². The fraction of sp³-hybridized carbons (Fsp3) is 0.308. The van der Waals surface area contributed by atoms with Crippen molar-refractivity contribution in [1.29, 1.82) is 0 Å². The molecular formula is C13H18ClN5O2. The van der Waals surface area contributed by atoms with E-state index in [0.717, 1.165) is 11.4 Å². The second-order valence-electron chi connectivity index (χ2n) is 4.13. The zero-order valence-corrected chi connectivity index (χ0v) is 12.3. The molecular weight excluding hydrogens is 294 g/mol. The van der Waals surface area contributed by atoms with E-state index < -0.39 is 0 Å². The number of hydrogen-bond acceptors (Lipinski definition) is 5. The lowest BCUT2D eigenvalue weighted by Crippen LogP contribution is -2.15. The van der Waals surface area contributed by atoms with Crippen LogP contribution in [-0.2, 0) is 11.3 Å². The lowest BCUT2D eigenvalue weighted by atomic mass is 10.3. The maximum absolute atomic E-state index is 11.7. The topological polar surface area (TPSA) is 95.1 Å². The van der Waals surface area contributed by atoms with Crippen LogP contribution in [0.2, 0.25) is 0 Å². The summed E-state index contributed by atoms with van der Waals surface area (Å²) in [7, 11) is 0. The van der Waals surface area contributed by atoms with Gasteiger partial charge in [0.05, 0.1) is 12.7 Å². The van der Waals surface area contributed by atoms with Crippen LogP contribution in [0.3, 0.4) is 0 Å². The number of nitrogens with two attached hydrogens (primary N) is 1. The molecule has 0 radical (unpaired) electrons. The van der Waals surface area contributed by atoms with Gasteiger partial charge in [0.1, 0.15) is 12.4 Å². The minimum absolute atomic E-state index is 0. The molecule has 2 rings (SSSR count). The molecule has 21 heavy (non-hydrogen) atoms. The number of hydrogen-bond donors (Lipinski definition) is 2. The lowest BCUT2D eigenvalue weighted by Gasteiger charge is -2.07. The van der Waals surface area contributed by atoms with Crippen molar-refractivity contribution in [2.75, 3.05) is 18.5 Å². The van der Waals surface area contributed by atoms with E-state index in [1.54, 1.807) is 41.3 Å². The number of ether oxygens (including phenoxy) is 1. The fourth-order valence-electron chi connectivity index (χ4n) is 1.60. The molecule has 0 saturated carbocycles. The first kappa shape index (κ1) is 16.9. The standard InChI is InChI=1S/C13H17N5O2.ClH/c14-6-10-20-12-3-1-11(2-4-12)16-13(19)5-8-18-9-7-15-17-18;/h1-4,7,9H,5-6,8,10,14H2,(H,16,19);1H. The summed E-state index contributed by atoms with van der Waals surface area (Å²) in [6.07, 6.45) is 3.64. The molecule has 0 fully saturated rings. The van der Waals surface area contributed by atoms with Crippen LogP contribution in [0.25, 0.3) is 0 Å². The number of rotatable bonds is 7. The van der Waals surface area contributed by atoms with Crippen LogP contribution in [0, 0.1) is 0 Å². The van der Waals surface area contributed by atoms with Gasteiger partial charge in [-0.3, -0.25) is 9.48 Å². The van der Waals surface area contributed by atoms with Gasteiger partial charge in [-0.15, -0.1) is 17.5 Å². The molecule has 0 bridgehead atoms. The Balaban J connectivity index is 0.00000220. The Bertz CT molecular complexity index is 530. The number of nitrogens with one attached hydrogen (secondary N) is 1. The molecule has 1 amide bonds. The minimum atomic E-state index is -0.0730. The quantitative estimate of drug-likeness (QED) is 0.797. The van der Waals surface area contributed by atoms with Gasteiger partial charge in [0.25, 0.3) is 0 Å². The van der Waals surface area contributed by atoms with E-state index in [9.17, 15) is 4.79 Å². The van der Waals surface area contributed by atoms with E-state index in [-0.39, 0.29) is 18.3 Å². The van der Waals surface area contributed by atoms with Crippen molar-refractivity contribution in [3.8, 4) is 5.75 Å². The number of halogens is 1. The Labute approximate surface area is 128 Å². The maximum atomic E-state index is 11.7. The maximum Gasteiger partial charge on any atom is 0.226 e. The zero-order valence-electron chi connectivity index (χ0n) is 11.4. The van der Waals surface area contributed by atoms with Crippen molar-refractivity contribution >= 4 is 24.0 Å². The van der Waals surface area contributed by atoms with E-state index in [0.29, 0.717) is 26.1 Å². The van der Waals surface area contributed by atoms with Crippen molar-refractivity contribution < 1.29 is 9.53 Å². The highest BCUT2D eigenvalue weighted by atomic mass is 35.5. The number of nitrogens with zero attached hydrogens (tertiary/aromatic N) is 3. The minimum Gasteiger partial charge on any atom is -0.492 e. The number of amides is 1. The smallest absolute Gasteiger partial charge is 0.226 e. The van der Waals surface area contributed by atoms with Crippen molar-refractivity contribution in [1.82, 2.24) is 15.0 Å². The number of benzene rings is 1. The van der Waals surface area contributed by atoms with Crippen molar-refractivity contribution in [2.24, 2.45) is 5.73 Å². The van der Waals surface area contributed by atoms with Crippen LogP contribution >= 0.6 is 12.4 Å². The summed E-state index contributed by atoms with van der Waals surface area (Å²) in [5, 5.41) is 10.3. The van der Waals surface area contributed by atoms with Crippen molar-refractivity contribution in [3.63, 3.8) is 0 Å². The SMILES string of the molecule is Cl.NCCOc1ccc(NC(=O)CCn2ccnn2)cc1. The van der Waals surface area contributed by atoms with E-state index in [2.05, 4.69) is 15.6 Å². The van der Waals surface area contributed by atoms with Gasteiger partial charge in [-0.05, 0) is 24.3 Å². The molecule has 7 nitrogen and oxygen atoms in total. The van der Waals surface area contributed by atoms with Crippen LogP contribution in [0.1, 0.15) is 6.42 Å². The second-order valence-corrected chi connectivity index (χ2v) is 4.13. The number of anilines is 1. The van der Waals surface area contributed by atoms with Crippen LogP contribution in [0.4, 0.5) is 5.69 Å². The Kier molecular flexibility index (Phi) is 7.20. The average molecular weight is 312 g/mol. The molecule has 2 aromatic rings. The van der Waals surface area contributed by atoms with E-state index >= 15 is 0 Å². The normalized spacial score (nSPS) is 9.76. The molecule has 0 atom stereocenters. The lowest BCUT2D eigenvalue weighted by molar-refractivity contribution is -0.116. The molecule has 1 heterocycles. The first-order chi connectivity index (χ1) is 9.78. The molecule has 0 spiro atoms. The van der Waals surface area contributed by atoms with Crippen molar-refractivity contribution in [3.05, 3.63) is 36.7 Å². The second kappa shape index (κ2) is 8.93. The Morgan fingerprint density at radius 1 is 1.33 bits per heavy atom. The first-order valence-electron chi connectivity index (χ1n) is 6.35. The van der Waals surface area contributed by atoms with Gasteiger partial charge in [0, 0.05) is 24.8 Å². The van der Waals surface area contributed by atoms with Gasteiger partial charge in [-0.25, -0.2) is 0 Å². The predicted octanol–water partition coefficient (Wildman–Crippen LogP) is 1.07. The molecule has 0 aliphatic rings. The molecule has 0 aliphatic carbocycles. The molecule has 1 aromatic carbocycles. The summed E-state index contributed by atoms with van der Waals surface area (Å²) >= 11 is 0. The summed E-state index contributed by atoms with van der Waals surface area (Å²) in [5.41, 5.74) is 6.08. The molecule has 1 aromatic heterocycles. The molecule has 8 heteroatoms. The van der Waals surface area contributed by atoms with Gasteiger partial charge in [0.15, 0.2) is 0 Å². The summed E-state index contributed by atoms with van der Waals surface area (Å²) in [6, 6.07) is 7.17. The number of carbonyl (C=O) groups is 1. The highest BCUT2D eigenvalue weighted by molar-refractivity contribution is 5.90. The van der Waals surface area contributed by atoms with Gasteiger partial charge in [-0.2, -0.15) is 0 Å². The molecule has 0 unspecified atom stereocenters. The molecule has 0 aliphatic heterocycles. The molecule has 114 valence electrons. The third-order valence-corrected chi connectivity index (χ3v) is 2.56. The summed E-state index contributed by atoms with van der Waals surface area (Å²) in [6.45, 7) is 1.45. The number of carbonyl (C=O) groups excluding carboxylic acids is 1. The van der Waals surface area contributed by atoms with Crippen LogP contribution in [-0.4, -0.2) is 34.1 Å². The summed E-state index contributed by atoms with van der Waals surface area (Å²) in [5.74, 6) is 0.659. The van der Waals surface area contributed by atoms with E-state index in [4.69, 9.17) is 10.5 Å². The first-order valence-corrected chi connectivity index (χ1v) is 6.35. The average Bonchev–Trinajstić information content (AvgIpc) is 2.98.